The summed E-state index contributed by atoms with van der Waals surface area (Å²) in [5.41, 5.74) is -0.0822. The summed E-state index contributed by atoms with van der Waals surface area (Å²) < 4.78 is 27.5. The minimum atomic E-state index is -2.77. The molecule has 0 aromatic heterocycles. The molecule has 0 aliphatic carbocycles. The van der Waals surface area contributed by atoms with E-state index in [1.165, 1.54) is 0 Å². The van der Waals surface area contributed by atoms with Gasteiger partial charge in [-0.15, -0.1) is 6.58 Å². The van der Waals surface area contributed by atoms with Crippen molar-refractivity contribution in [3.63, 3.8) is 0 Å². The minimum absolute atomic E-state index is 0.0294. The lowest BCUT2D eigenvalue weighted by molar-refractivity contribution is 0.0179. The Kier molecular flexibility index (Phi) is 6.48. The van der Waals surface area contributed by atoms with Gasteiger partial charge in [-0.05, 0) is 6.42 Å². The van der Waals surface area contributed by atoms with Gasteiger partial charge in [0, 0.05) is 21.3 Å². The average molecular weight is 276 g/mol. The van der Waals surface area contributed by atoms with Gasteiger partial charge in [-0.2, -0.15) is 0 Å². The van der Waals surface area contributed by atoms with E-state index in [2.05, 4.69) is 13.5 Å². The Bertz CT molecular complexity index is 245. The molecule has 1 fully saturated rings. The maximum atomic E-state index is 5.88. The summed E-state index contributed by atoms with van der Waals surface area (Å²) in [4.78, 5) is 0. The van der Waals surface area contributed by atoms with Crippen molar-refractivity contribution in [1.29, 1.82) is 0 Å². The fourth-order valence-electron chi connectivity index (χ4n) is 2.05. The van der Waals surface area contributed by atoms with E-state index >= 15 is 0 Å². The van der Waals surface area contributed by atoms with Crippen LogP contribution in [0, 0.1) is 0 Å². The van der Waals surface area contributed by atoms with Gasteiger partial charge in [0.05, 0.1) is 24.9 Å². The highest BCUT2D eigenvalue weighted by atomic mass is 28.4. The summed E-state index contributed by atoms with van der Waals surface area (Å²) in [6.45, 7) is 7.32. The van der Waals surface area contributed by atoms with Gasteiger partial charge >= 0.3 is 8.80 Å². The van der Waals surface area contributed by atoms with Crippen LogP contribution in [0.2, 0.25) is 5.54 Å². The molecular formula is C12H24O5Si. The summed E-state index contributed by atoms with van der Waals surface area (Å²) >= 11 is 0. The third-order valence-corrected chi connectivity index (χ3v) is 6.35. The number of rotatable bonds is 10. The number of hydrogen-bond acceptors (Lipinski definition) is 5. The second kappa shape index (κ2) is 7.37. The first-order chi connectivity index (χ1) is 8.67. The molecule has 0 bridgehead atoms. The van der Waals surface area contributed by atoms with E-state index in [0.717, 1.165) is 13.0 Å². The van der Waals surface area contributed by atoms with E-state index in [1.54, 1.807) is 21.3 Å². The van der Waals surface area contributed by atoms with Crippen molar-refractivity contribution in [2.75, 3.05) is 34.5 Å². The van der Waals surface area contributed by atoms with Crippen molar-refractivity contribution in [3.8, 4) is 0 Å². The second-order valence-corrected chi connectivity index (χ2v) is 7.31. The van der Waals surface area contributed by atoms with E-state index in [-0.39, 0.29) is 17.7 Å². The largest absolute Gasteiger partial charge is 0.510 e. The first-order valence-corrected chi connectivity index (χ1v) is 7.98. The van der Waals surface area contributed by atoms with Crippen LogP contribution in [0.25, 0.3) is 0 Å². The van der Waals surface area contributed by atoms with E-state index in [4.69, 9.17) is 22.8 Å². The molecule has 6 heteroatoms. The zero-order valence-electron chi connectivity index (χ0n) is 11.7. The first-order valence-electron chi connectivity index (χ1n) is 6.18. The molecule has 1 heterocycles. The summed E-state index contributed by atoms with van der Waals surface area (Å²) in [6, 6.07) is 0. The van der Waals surface area contributed by atoms with Crippen LogP contribution < -0.4 is 0 Å². The van der Waals surface area contributed by atoms with Crippen LogP contribution in [0.4, 0.5) is 0 Å². The van der Waals surface area contributed by atoms with Gasteiger partial charge in [-0.1, -0.05) is 13.0 Å². The second-order valence-electron chi connectivity index (χ2n) is 4.21. The lowest BCUT2D eigenvalue weighted by Gasteiger charge is -2.35. The zero-order valence-corrected chi connectivity index (χ0v) is 12.7. The van der Waals surface area contributed by atoms with Gasteiger partial charge in [0.1, 0.15) is 6.10 Å². The van der Waals surface area contributed by atoms with E-state index in [0.29, 0.717) is 6.61 Å². The predicted molar refractivity (Wildman–Crippen MR) is 70.5 cm³/mol. The molecule has 0 spiro atoms. The maximum absolute atomic E-state index is 5.88. The molecular weight excluding hydrogens is 252 g/mol. The summed E-state index contributed by atoms with van der Waals surface area (Å²) in [6.07, 6.45) is 2.87. The number of ether oxygens (including phenoxy) is 2. The maximum Gasteiger partial charge on any atom is 0.510 e. The Morgan fingerprint density at radius 2 is 1.89 bits per heavy atom. The van der Waals surface area contributed by atoms with Gasteiger partial charge in [-0.25, -0.2) is 0 Å². The van der Waals surface area contributed by atoms with Crippen LogP contribution in [0.3, 0.4) is 0 Å². The van der Waals surface area contributed by atoms with Crippen LogP contribution >= 0.6 is 0 Å². The van der Waals surface area contributed by atoms with Crippen LogP contribution in [0.15, 0.2) is 12.7 Å². The molecule has 1 aliphatic rings. The molecule has 5 nitrogen and oxygen atoms in total. The molecule has 1 saturated heterocycles. The highest BCUT2D eigenvalue weighted by molar-refractivity contribution is 6.63. The molecule has 3 unspecified atom stereocenters. The van der Waals surface area contributed by atoms with E-state index < -0.39 is 8.80 Å². The summed E-state index contributed by atoms with van der Waals surface area (Å²) in [7, 11) is 2.04. The normalized spacial score (nSPS) is 22.6. The average Bonchev–Trinajstić information content (AvgIpc) is 3.23. The highest BCUT2D eigenvalue weighted by Gasteiger charge is 2.49. The van der Waals surface area contributed by atoms with Crippen LogP contribution in [0.1, 0.15) is 13.3 Å². The number of hydrogen-bond donors (Lipinski definition) is 0. The minimum Gasteiger partial charge on any atom is -0.376 e. The molecule has 0 radical (unpaired) electrons. The van der Waals surface area contributed by atoms with Gasteiger partial charge < -0.3 is 22.8 Å². The van der Waals surface area contributed by atoms with Crippen molar-refractivity contribution in [2.24, 2.45) is 0 Å². The molecule has 1 rings (SSSR count). The SMILES string of the molecule is C=CC(C(CC)OCC1CO1)[Si](OC)(OC)OC. The van der Waals surface area contributed by atoms with Gasteiger partial charge in [-0.3, -0.25) is 0 Å². The lowest BCUT2D eigenvalue weighted by Crippen LogP contribution is -2.51. The summed E-state index contributed by atoms with van der Waals surface area (Å²) in [5.74, 6) is 0. The molecule has 106 valence electrons. The van der Waals surface area contributed by atoms with Crippen molar-refractivity contribution < 1.29 is 22.8 Å². The molecule has 1 aliphatic heterocycles. The predicted octanol–water partition coefficient (Wildman–Crippen LogP) is 1.61. The molecule has 0 saturated carbocycles. The monoisotopic (exact) mass is 276 g/mol. The molecule has 0 amide bonds. The topological polar surface area (TPSA) is 49.5 Å². The van der Waals surface area contributed by atoms with Crippen molar-refractivity contribution in [1.82, 2.24) is 0 Å². The third kappa shape index (κ3) is 3.63. The molecule has 0 aromatic rings. The summed E-state index contributed by atoms with van der Waals surface area (Å²) in [5, 5.41) is 0. The van der Waals surface area contributed by atoms with Crippen molar-refractivity contribution in [2.45, 2.75) is 31.1 Å². The smallest absolute Gasteiger partial charge is 0.376 e. The Labute approximate surface area is 110 Å². The van der Waals surface area contributed by atoms with Gasteiger partial charge in [0.25, 0.3) is 0 Å². The fraction of sp³-hybridized carbons (Fsp3) is 0.833. The highest BCUT2D eigenvalue weighted by Crippen LogP contribution is 2.32. The van der Waals surface area contributed by atoms with Crippen LogP contribution in [0.5, 0.6) is 0 Å². The Balaban J connectivity index is 2.71. The fourth-order valence-corrected chi connectivity index (χ4v) is 4.45. The lowest BCUT2D eigenvalue weighted by atomic mass is 10.2. The number of epoxide rings is 1. The van der Waals surface area contributed by atoms with Crippen molar-refractivity contribution in [3.05, 3.63) is 12.7 Å². The standard InChI is InChI=1S/C12H24O5Si/c1-6-11(17-9-10-8-16-10)12(7-2)18(13-3,14-4)15-5/h7,10-12H,2,6,8-9H2,1,3-5H3. The van der Waals surface area contributed by atoms with E-state index in [1.807, 2.05) is 6.08 Å². The quantitative estimate of drug-likeness (QED) is 0.345. The van der Waals surface area contributed by atoms with Crippen molar-refractivity contribution >= 4 is 8.80 Å². The Hall–Kier alpha value is -0.243. The van der Waals surface area contributed by atoms with Gasteiger partial charge in [0.15, 0.2) is 0 Å². The molecule has 0 aromatic carbocycles. The zero-order chi connectivity index (χ0) is 13.6. The van der Waals surface area contributed by atoms with Gasteiger partial charge in [0.2, 0.25) is 0 Å². The molecule has 3 atom stereocenters. The Morgan fingerprint density at radius 3 is 2.22 bits per heavy atom. The molecule has 18 heavy (non-hydrogen) atoms. The Morgan fingerprint density at radius 1 is 1.33 bits per heavy atom. The van der Waals surface area contributed by atoms with Crippen LogP contribution in [-0.4, -0.2) is 55.6 Å². The third-order valence-electron chi connectivity index (χ3n) is 3.22. The van der Waals surface area contributed by atoms with E-state index in [9.17, 15) is 0 Å². The molecule has 0 N–H and O–H groups in total. The van der Waals surface area contributed by atoms with Crippen LogP contribution in [-0.2, 0) is 22.8 Å². The first kappa shape index (κ1) is 15.8.